The molecule has 172 valence electrons. The molecule has 4 aromatic carbocycles. The molecule has 34 heavy (non-hydrogen) atoms. The molecule has 0 aromatic heterocycles. The SMILES string of the molecule is Cc1ccc(S(=O)(=O)N(C)c2ccc(C(=O)Nc3ccc(Oc4ccccc4)cc3)cc2)cc1. The Labute approximate surface area is 199 Å². The summed E-state index contributed by atoms with van der Waals surface area (Å²) in [6.07, 6.45) is 0. The third-order valence-electron chi connectivity index (χ3n) is 5.26. The van der Waals surface area contributed by atoms with E-state index in [0.29, 0.717) is 22.7 Å². The molecule has 0 saturated heterocycles. The largest absolute Gasteiger partial charge is 0.457 e. The Hall–Kier alpha value is -4.10. The maximum absolute atomic E-state index is 12.9. The third kappa shape index (κ3) is 5.27. The number of para-hydroxylation sites is 1. The van der Waals surface area contributed by atoms with Crippen molar-refractivity contribution < 1.29 is 17.9 Å². The van der Waals surface area contributed by atoms with E-state index < -0.39 is 10.0 Å². The van der Waals surface area contributed by atoms with Crippen LogP contribution in [0.5, 0.6) is 11.5 Å². The predicted molar refractivity (Wildman–Crippen MR) is 134 cm³/mol. The summed E-state index contributed by atoms with van der Waals surface area (Å²) in [5, 5.41) is 2.83. The molecule has 0 aliphatic rings. The molecular formula is C27H24N2O4S. The minimum absolute atomic E-state index is 0.210. The Morgan fingerprint density at radius 3 is 1.97 bits per heavy atom. The smallest absolute Gasteiger partial charge is 0.264 e. The first-order valence-electron chi connectivity index (χ1n) is 10.6. The number of sulfonamides is 1. The van der Waals surface area contributed by atoms with E-state index in [4.69, 9.17) is 4.74 Å². The number of rotatable bonds is 7. The zero-order chi connectivity index (χ0) is 24.1. The highest BCUT2D eigenvalue weighted by molar-refractivity contribution is 7.92. The molecule has 1 N–H and O–H groups in total. The molecule has 0 bridgehead atoms. The average Bonchev–Trinajstić information content (AvgIpc) is 2.86. The molecule has 0 aliphatic carbocycles. The number of nitrogens with zero attached hydrogens (tertiary/aromatic N) is 1. The molecule has 0 saturated carbocycles. The topological polar surface area (TPSA) is 75.7 Å². The van der Waals surface area contributed by atoms with Crippen molar-refractivity contribution in [3.05, 3.63) is 114 Å². The average molecular weight is 473 g/mol. The van der Waals surface area contributed by atoms with E-state index in [-0.39, 0.29) is 10.8 Å². The van der Waals surface area contributed by atoms with Crippen LogP contribution in [0.2, 0.25) is 0 Å². The van der Waals surface area contributed by atoms with Gasteiger partial charge in [0.2, 0.25) is 0 Å². The molecule has 1 amide bonds. The first-order valence-corrected chi connectivity index (χ1v) is 12.1. The lowest BCUT2D eigenvalue weighted by molar-refractivity contribution is 0.102. The summed E-state index contributed by atoms with van der Waals surface area (Å²) in [6, 6.07) is 29.6. The molecule has 4 aromatic rings. The van der Waals surface area contributed by atoms with Crippen molar-refractivity contribution in [3.8, 4) is 11.5 Å². The summed E-state index contributed by atoms with van der Waals surface area (Å²) in [7, 11) is -2.21. The van der Waals surface area contributed by atoms with Crippen LogP contribution in [0.4, 0.5) is 11.4 Å². The van der Waals surface area contributed by atoms with E-state index in [0.717, 1.165) is 11.3 Å². The van der Waals surface area contributed by atoms with Gasteiger partial charge in [0, 0.05) is 18.3 Å². The van der Waals surface area contributed by atoms with Crippen molar-refractivity contribution in [2.45, 2.75) is 11.8 Å². The summed E-state index contributed by atoms with van der Waals surface area (Å²) in [4.78, 5) is 12.9. The Balaban J connectivity index is 1.41. The van der Waals surface area contributed by atoms with Gasteiger partial charge in [-0.3, -0.25) is 9.10 Å². The summed E-state index contributed by atoms with van der Waals surface area (Å²) < 4.78 is 32.7. The molecule has 7 heteroatoms. The monoisotopic (exact) mass is 472 g/mol. The van der Waals surface area contributed by atoms with Gasteiger partial charge in [-0.15, -0.1) is 0 Å². The van der Waals surface area contributed by atoms with E-state index in [1.54, 1.807) is 72.8 Å². The van der Waals surface area contributed by atoms with Crippen molar-refractivity contribution in [1.82, 2.24) is 0 Å². The van der Waals surface area contributed by atoms with Gasteiger partial charge in [0.25, 0.3) is 15.9 Å². The number of nitrogens with one attached hydrogen (secondary N) is 1. The van der Waals surface area contributed by atoms with Gasteiger partial charge in [-0.1, -0.05) is 35.9 Å². The van der Waals surface area contributed by atoms with Crippen molar-refractivity contribution in [1.29, 1.82) is 0 Å². The summed E-state index contributed by atoms with van der Waals surface area (Å²) in [6.45, 7) is 1.90. The van der Waals surface area contributed by atoms with Gasteiger partial charge >= 0.3 is 0 Å². The molecule has 4 rings (SSSR count). The van der Waals surface area contributed by atoms with E-state index in [2.05, 4.69) is 5.32 Å². The standard InChI is InChI=1S/C27H24N2O4S/c1-20-8-18-26(19-9-20)34(31,32)29(2)23-14-10-21(11-15-23)27(30)28-22-12-16-25(17-13-22)33-24-6-4-3-5-7-24/h3-19H,1-2H3,(H,28,30). The van der Waals surface area contributed by atoms with Gasteiger partial charge in [-0.2, -0.15) is 0 Å². The van der Waals surface area contributed by atoms with Gasteiger partial charge in [0.15, 0.2) is 0 Å². The molecule has 0 aliphatic heterocycles. The highest BCUT2D eigenvalue weighted by atomic mass is 32.2. The fourth-order valence-corrected chi connectivity index (χ4v) is 4.46. The highest BCUT2D eigenvalue weighted by Crippen LogP contribution is 2.25. The summed E-state index contributed by atoms with van der Waals surface area (Å²) >= 11 is 0. The van der Waals surface area contributed by atoms with Crippen LogP contribution < -0.4 is 14.4 Å². The lowest BCUT2D eigenvalue weighted by atomic mass is 10.2. The van der Waals surface area contributed by atoms with Gasteiger partial charge in [-0.05, 0) is 79.7 Å². The molecule has 0 heterocycles. The fourth-order valence-electron chi connectivity index (χ4n) is 3.26. The number of hydrogen-bond donors (Lipinski definition) is 1. The van der Waals surface area contributed by atoms with Crippen LogP contribution in [0, 0.1) is 6.92 Å². The first-order chi connectivity index (χ1) is 16.3. The molecule has 0 radical (unpaired) electrons. The zero-order valence-electron chi connectivity index (χ0n) is 18.8. The van der Waals surface area contributed by atoms with Crippen LogP contribution >= 0.6 is 0 Å². The van der Waals surface area contributed by atoms with E-state index in [1.807, 2.05) is 37.3 Å². The minimum Gasteiger partial charge on any atom is -0.457 e. The number of anilines is 2. The summed E-state index contributed by atoms with van der Waals surface area (Å²) in [5.41, 5.74) is 2.47. The Morgan fingerprint density at radius 2 is 1.35 bits per heavy atom. The fraction of sp³-hybridized carbons (Fsp3) is 0.0741. The number of hydrogen-bond acceptors (Lipinski definition) is 4. The number of benzene rings is 4. The molecule has 0 fully saturated rings. The predicted octanol–water partition coefficient (Wildman–Crippen LogP) is 5.86. The van der Waals surface area contributed by atoms with Crippen LogP contribution in [-0.4, -0.2) is 21.4 Å². The van der Waals surface area contributed by atoms with Gasteiger partial charge in [0.05, 0.1) is 10.6 Å². The molecule has 6 nitrogen and oxygen atoms in total. The number of aryl methyl sites for hydroxylation is 1. The number of carbonyl (C=O) groups excluding carboxylic acids is 1. The lowest BCUT2D eigenvalue weighted by Crippen LogP contribution is -2.26. The quantitative estimate of drug-likeness (QED) is 0.365. The normalized spacial score (nSPS) is 11.0. The number of amides is 1. The van der Waals surface area contributed by atoms with Crippen LogP contribution in [0.25, 0.3) is 0 Å². The van der Waals surface area contributed by atoms with E-state index in [1.165, 1.54) is 11.4 Å². The van der Waals surface area contributed by atoms with Crippen molar-refractivity contribution in [2.75, 3.05) is 16.7 Å². The van der Waals surface area contributed by atoms with Gasteiger partial charge < -0.3 is 10.1 Å². The Bertz CT molecular complexity index is 1370. The first kappa shape index (κ1) is 23.1. The van der Waals surface area contributed by atoms with Gasteiger partial charge in [-0.25, -0.2) is 8.42 Å². The van der Waals surface area contributed by atoms with Crippen LogP contribution in [0.15, 0.2) is 108 Å². The lowest BCUT2D eigenvalue weighted by Gasteiger charge is -2.20. The van der Waals surface area contributed by atoms with Crippen molar-refractivity contribution in [2.24, 2.45) is 0 Å². The second-order valence-electron chi connectivity index (χ2n) is 7.73. The molecule has 0 atom stereocenters. The van der Waals surface area contributed by atoms with Crippen molar-refractivity contribution in [3.63, 3.8) is 0 Å². The van der Waals surface area contributed by atoms with Crippen molar-refractivity contribution >= 4 is 27.3 Å². The minimum atomic E-state index is -3.70. The molecular weight excluding hydrogens is 448 g/mol. The maximum atomic E-state index is 12.9. The summed E-state index contributed by atoms with van der Waals surface area (Å²) in [5.74, 6) is 1.09. The zero-order valence-corrected chi connectivity index (χ0v) is 19.6. The second kappa shape index (κ2) is 9.80. The van der Waals surface area contributed by atoms with E-state index >= 15 is 0 Å². The maximum Gasteiger partial charge on any atom is 0.264 e. The number of carbonyl (C=O) groups is 1. The third-order valence-corrected chi connectivity index (χ3v) is 7.06. The van der Waals surface area contributed by atoms with Crippen LogP contribution in [0.3, 0.4) is 0 Å². The molecule has 0 spiro atoms. The van der Waals surface area contributed by atoms with Crippen LogP contribution in [0.1, 0.15) is 15.9 Å². The van der Waals surface area contributed by atoms with Crippen LogP contribution in [-0.2, 0) is 10.0 Å². The van der Waals surface area contributed by atoms with Gasteiger partial charge in [0.1, 0.15) is 11.5 Å². The molecule has 0 unspecified atom stereocenters. The Morgan fingerprint density at radius 1 is 0.765 bits per heavy atom. The second-order valence-corrected chi connectivity index (χ2v) is 9.70. The highest BCUT2D eigenvalue weighted by Gasteiger charge is 2.21. The Kier molecular flexibility index (Phi) is 6.65. The van der Waals surface area contributed by atoms with E-state index in [9.17, 15) is 13.2 Å². The number of ether oxygens (including phenoxy) is 1.